The van der Waals surface area contributed by atoms with E-state index in [9.17, 15) is 4.79 Å². The summed E-state index contributed by atoms with van der Waals surface area (Å²) in [4.78, 5) is 12.3. The summed E-state index contributed by atoms with van der Waals surface area (Å²) in [6.45, 7) is 5.84. The van der Waals surface area contributed by atoms with E-state index in [0.717, 1.165) is 24.9 Å². The molecule has 0 aliphatic carbocycles. The highest BCUT2D eigenvalue weighted by Crippen LogP contribution is 2.24. The SMILES string of the molecule is CCCCOc1ccccc1NC(=O)/C=C/c1ccc2c(ccn2CC)c1. The minimum Gasteiger partial charge on any atom is -0.491 e. The number of fused-ring (bicyclic) bond motifs is 1. The van der Waals surface area contributed by atoms with Crippen LogP contribution in [-0.2, 0) is 11.3 Å². The number of benzene rings is 2. The molecule has 140 valence electrons. The number of rotatable bonds is 8. The van der Waals surface area contributed by atoms with Crippen LogP contribution in [0.1, 0.15) is 32.3 Å². The molecule has 4 heteroatoms. The van der Waals surface area contributed by atoms with E-state index in [2.05, 4.69) is 48.1 Å². The van der Waals surface area contributed by atoms with E-state index in [4.69, 9.17) is 4.74 Å². The first kappa shape index (κ1) is 18.8. The van der Waals surface area contributed by atoms with Crippen molar-refractivity contribution in [3.8, 4) is 5.75 Å². The number of carbonyl (C=O) groups excluding carboxylic acids is 1. The molecule has 0 atom stereocenters. The summed E-state index contributed by atoms with van der Waals surface area (Å²) in [6.07, 6.45) is 7.54. The van der Waals surface area contributed by atoms with E-state index in [1.807, 2.05) is 36.4 Å². The molecule has 0 saturated heterocycles. The fraction of sp³-hybridized carbons (Fsp3) is 0.261. The number of amides is 1. The molecule has 1 amide bonds. The van der Waals surface area contributed by atoms with Gasteiger partial charge in [-0.25, -0.2) is 0 Å². The van der Waals surface area contributed by atoms with Gasteiger partial charge >= 0.3 is 0 Å². The lowest BCUT2D eigenvalue weighted by Crippen LogP contribution is -2.09. The van der Waals surface area contributed by atoms with Crippen molar-refractivity contribution in [3.05, 3.63) is 66.4 Å². The molecule has 0 radical (unpaired) electrons. The van der Waals surface area contributed by atoms with Crippen LogP contribution in [0.5, 0.6) is 5.75 Å². The van der Waals surface area contributed by atoms with Gasteiger partial charge in [-0.2, -0.15) is 0 Å². The Balaban J connectivity index is 1.67. The highest BCUT2D eigenvalue weighted by atomic mass is 16.5. The van der Waals surface area contributed by atoms with Crippen LogP contribution in [0.4, 0.5) is 5.69 Å². The van der Waals surface area contributed by atoms with Crippen molar-refractivity contribution in [1.29, 1.82) is 0 Å². The zero-order valence-electron chi connectivity index (χ0n) is 15.9. The van der Waals surface area contributed by atoms with Crippen LogP contribution >= 0.6 is 0 Å². The van der Waals surface area contributed by atoms with Crippen molar-refractivity contribution >= 4 is 28.6 Å². The van der Waals surface area contributed by atoms with Gasteiger partial charge in [0, 0.05) is 29.7 Å². The van der Waals surface area contributed by atoms with Gasteiger partial charge < -0.3 is 14.6 Å². The van der Waals surface area contributed by atoms with E-state index in [1.165, 1.54) is 10.9 Å². The minimum absolute atomic E-state index is 0.173. The summed E-state index contributed by atoms with van der Waals surface area (Å²) in [5.74, 6) is 0.530. The first-order valence-electron chi connectivity index (χ1n) is 9.51. The molecule has 0 spiro atoms. The molecule has 1 heterocycles. The predicted molar refractivity (Wildman–Crippen MR) is 112 cm³/mol. The lowest BCUT2D eigenvalue weighted by Gasteiger charge is -2.11. The van der Waals surface area contributed by atoms with Crippen LogP contribution in [0.2, 0.25) is 0 Å². The Morgan fingerprint density at radius 2 is 2.00 bits per heavy atom. The van der Waals surface area contributed by atoms with Gasteiger partial charge in [0.25, 0.3) is 0 Å². The molecular weight excluding hydrogens is 336 g/mol. The molecule has 0 aliphatic heterocycles. The number of ether oxygens (including phenoxy) is 1. The number of unbranched alkanes of at least 4 members (excludes halogenated alkanes) is 1. The van der Waals surface area contributed by atoms with Crippen LogP contribution in [0.25, 0.3) is 17.0 Å². The molecule has 0 bridgehead atoms. The first-order chi connectivity index (χ1) is 13.2. The fourth-order valence-corrected chi connectivity index (χ4v) is 2.97. The van der Waals surface area contributed by atoms with Gasteiger partial charge in [-0.1, -0.05) is 31.5 Å². The number of anilines is 1. The standard InChI is InChI=1S/C23H26N2O2/c1-3-5-16-27-22-9-7-6-8-20(22)24-23(26)13-11-18-10-12-21-19(17-18)14-15-25(21)4-2/h6-15,17H,3-5,16H2,1-2H3,(H,24,26)/b13-11+. The zero-order chi connectivity index (χ0) is 19.1. The zero-order valence-corrected chi connectivity index (χ0v) is 15.9. The van der Waals surface area contributed by atoms with Gasteiger partial charge in [-0.15, -0.1) is 0 Å². The topological polar surface area (TPSA) is 43.3 Å². The highest BCUT2D eigenvalue weighted by molar-refractivity contribution is 6.03. The smallest absolute Gasteiger partial charge is 0.248 e. The maximum atomic E-state index is 12.3. The molecule has 27 heavy (non-hydrogen) atoms. The number of hydrogen-bond donors (Lipinski definition) is 1. The Morgan fingerprint density at radius 3 is 2.81 bits per heavy atom. The largest absolute Gasteiger partial charge is 0.491 e. The third-order valence-corrected chi connectivity index (χ3v) is 4.46. The average molecular weight is 362 g/mol. The molecule has 3 rings (SSSR count). The summed E-state index contributed by atoms with van der Waals surface area (Å²) < 4.78 is 7.96. The van der Waals surface area contributed by atoms with Gasteiger partial charge in [0.05, 0.1) is 12.3 Å². The number of nitrogens with zero attached hydrogens (tertiary/aromatic N) is 1. The molecule has 1 aromatic heterocycles. The first-order valence-corrected chi connectivity index (χ1v) is 9.51. The minimum atomic E-state index is -0.173. The number of para-hydroxylation sites is 2. The molecule has 0 unspecified atom stereocenters. The summed E-state index contributed by atoms with van der Waals surface area (Å²) in [5.41, 5.74) is 2.90. The van der Waals surface area contributed by atoms with Crippen LogP contribution < -0.4 is 10.1 Å². The molecule has 3 aromatic rings. The lowest BCUT2D eigenvalue weighted by atomic mass is 10.1. The Morgan fingerprint density at radius 1 is 1.15 bits per heavy atom. The maximum absolute atomic E-state index is 12.3. The van der Waals surface area contributed by atoms with E-state index < -0.39 is 0 Å². The quantitative estimate of drug-likeness (QED) is 0.425. The van der Waals surface area contributed by atoms with E-state index in [1.54, 1.807) is 6.08 Å². The van der Waals surface area contributed by atoms with E-state index in [0.29, 0.717) is 18.0 Å². The van der Waals surface area contributed by atoms with Crippen molar-refractivity contribution in [3.63, 3.8) is 0 Å². The van der Waals surface area contributed by atoms with Crippen molar-refractivity contribution in [2.45, 2.75) is 33.2 Å². The van der Waals surface area contributed by atoms with Crippen molar-refractivity contribution < 1.29 is 9.53 Å². The summed E-state index contributed by atoms with van der Waals surface area (Å²) in [6, 6.07) is 15.8. The highest BCUT2D eigenvalue weighted by Gasteiger charge is 2.05. The molecule has 0 fully saturated rings. The molecular formula is C23H26N2O2. The van der Waals surface area contributed by atoms with Crippen molar-refractivity contribution in [2.24, 2.45) is 0 Å². The number of nitrogens with one attached hydrogen (secondary N) is 1. The Kier molecular flexibility index (Phi) is 6.31. The summed E-state index contributed by atoms with van der Waals surface area (Å²) in [7, 11) is 0. The number of aromatic nitrogens is 1. The Bertz CT molecular complexity index is 940. The van der Waals surface area contributed by atoms with Gasteiger partial charge in [-0.05, 0) is 55.3 Å². The number of carbonyl (C=O) groups is 1. The third-order valence-electron chi connectivity index (χ3n) is 4.46. The summed E-state index contributed by atoms with van der Waals surface area (Å²) in [5, 5.41) is 4.08. The molecule has 2 aromatic carbocycles. The third kappa shape index (κ3) is 4.79. The number of hydrogen-bond acceptors (Lipinski definition) is 2. The van der Waals surface area contributed by atoms with E-state index in [-0.39, 0.29) is 5.91 Å². The van der Waals surface area contributed by atoms with Gasteiger partial charge in [0.15, 0.2) is 0 Å². The average Bonchev–Trinajstić information content (AvgIpc) is 3.10. The monoisotopic (exact) mass is 362 g/mol. The Labute approximate surface area is 160 Å². The molecule has 0 aliphatic rings. The van der Waals surface area contributed by atoms with Gasteiger partial charge in [0.2, 0.25) is 5.91 Å². The van der Waals surface area contributed by atoms with Crippen LogP contribution in [0.3, 0.4) is 0 Å². The van der Waals surface area contributed by atoms with Gasteiger partial charge in [-0.3, -0.25) is 4.79 Å². The second-order valence-corrected chi connectivity index (χ2v) is 6.44. The maximum Gasteiger partial charge on any atom is 0.248 e. The second kappa shape index (κ2) is 9.08. The molecule has 4 nitrogen and oxygen atoms in total. The fourth-order valence-electron chi connectivity index (χ4n) is 2.97. The van der Waals surface area contributed by atoms with Crippen molar-refractivity contribution in [2.75, 3.05) is 11.9 Å². The second-order valence-electron chi connectivity index (χ2n) is 6.44. The normalized spacial score (nSPS) is 11.2. The van der Waals surface area contributed by atoms with Crippen LogP contribution in [-0.4, -0.2) is 17.1 Å². The lowest BCUT2D eigenvalue weighted by molar-refractivity contribution is -0.111. The summed E-state index contributed by atoms with van der Waals surface area (Å²) >= 11 is 0. The van der Waals surface area contributed by atoms with Crippen molar-refractivity contribution in [1.82, 2.24) is 4.57 Å². The van der Waals surface area contributed by atoms with Crippen LogP contribution in [0, 0.1) is 0 Å². The molecule has 1 N–H and O–H groups in total. The van der Waals surface area contributed by atoms with E-state index >= 15 is 0 Å². The molecule has 0 saturated carbocycles. The predicted octanol–water partition coefficient (Wildman–Crippen LogP) is 5.49. The van der Waals surface area contributed by atoms with Crippen LogP contribution in [0.15, 0.2) is 60.8 Å². The number of aryl methyl sites for hydroxylation is 1. The Hall–Kier alpha value is -3.01. The van der Waals surface area contributed by atoms with Gasteiger partial charge in [0.1, 0.15) is 5.75 Å².